The number of anilines is 1. The molecule has 0 aliphatic carbocycles. The molecule has 0 aliphatic rings. The van der Waals surface area contributed by atoms with E-state index in [9.17, 15) is 0 Å². The molecule has 5 heteroatoms. The van der Waals surface area contributed by atoms with Crippen LogP contribution in [-0.2, 0) is 6.54 Å². The quantitative estimate of drug-likeness (QED) is 0.732. The summed E-state index contributed by atoms with van der Waals surface area (Å²) in [5.41, 5.74) is 10.9. The van der Waals surface area contributed by atoms with Crippen molar-refractivity contribution in [1.29, 1.82) is 0 Å². The molecule has 4 nitrogen and oxygen atoms in total. The van der Waals surface area contributed by atoms with Crippen LogP contribution in [0.1, 0.15) is 17.0 Å². The van der Waals surface area contributed by atoms with Gasteiger partial charge in [0.15, 0.2) is 0 Å². The second-order valence-corrected chi connectivity index (χ2v) is 5.65. The lowest BCUT2D eigenvalue weighted by Crippen LogP contribution is -2.05. The van der Waals surface area contributed by atoms with Crippen LogP contribution < -0.4 is 5.73 Å². The van der Waals surface area contributed by atoms with Gasteiger partial charge in [0.1, 0.15) is 0 Å². The Morgan fingerprint density at radius 2 is 2.05 bits per heavy atom. The highest BCUT2D eigenvalue weighted by molar-refractivity contribution is 9.10. The molecule has 102 valence electrons. The lowest BCUT2D eigenvalue weighted by molar-refractivity contribution is 0.661. The Kier molecular flexibility index (Phi) is 3.22. The van der Waals surface area contributed by atoms with Gasteiger partial charge in [0.05, 0.1) is 27.9 Å². The van der Waals surface area contributed by atoms with Gasteiger partial charge in [0, 0.05) is 17.3 Å². The summed E-state index contributed by atoms with van der Waals surface area (Å²) in [5.74, 6) is 0. The molecule has 3 rings (SSSR count). The number of hydrogen-bond donors (Lipinski definition) is 1. The van der Waals surface area contributed by atoms with E-state index in [1.54, 1.807) is 6.20 Å². The number of fused-ring (bicyclic) bond motifs is 1. The molecule has 0 fully saturated rings. The van der Waals surface area contributed by atoms with E-state index in [2.05, 4.69) is 32.9 Å². The summed E-state index contributed by atoms with van der Waals surface area (Å²) in [6.45, 7) is 4.73. The third kappa shape index (κ3) is 2.08. The first-order chi connectivity index (χ1) is 9.58. The minimum absolute atomic E-state index is 0.687. The number of pyridine rings is 1. The Bertz CT molecular complexity index is 792. The van der Waals surface area contributed by atoms with Crippen molar-refractivity contribution in [2.24, 2.45) is 0 Å². The Balaban J connectivity index is 2.11. The van der Waals surface area contributed by atoms with E-state index < -0.39 is 0 Å². The first kappa shape index (κ1) is 13.1. The summed E-state index contributed by atoms with van der Waals surface area (Å²) in [6.07, 6.45) is 1.79. The van der Waals surface area contributed by atoms with Gasteiger partial charge >= 0.3 is 0 Å². The zero-order chi connectivity index (χ0) is 14.3. The number of aromatic nitrogens is 3. The minimum Gasteiger partial charge on any atom is -0.398 e. The second kappa shape index (κ2) is 4.90. The number of aryl methyl sites for hydroxylation is 1. The molecule has 20 heavy (non-hydrogen) atoms. The highest BCUT2D eigenvalue weighted by Gasteiger charge is 2.11. The average Bonchev–Trinajstić information content (AvgIpc) is 2.70. The molecular formula is C15H15BrN4. The molecule has 2 heterocycles. The zero-order valence-electron chi connectivity index (χ0n) is 11.4. The first-order valence-corrected chi connectivity index (χ1v) is 7.19. The highest BCUT2D eigenvalue weighted by Crippen LogP contribution is 2.25. The minimum atomic E-state index is 0.687. The standard InChI is InChI=1S/C15H15BrN4/c1-9-14(16)10(2)20(19-9)8-11-5-6-13(17)12-4-3-7-18-15(11)12/h3-7H,8,17H2,1-2H3. The van der Waals surface area contributed by atoms with Crippen LogP contribution in [0, 0.1) is 13.8 Å². The number of halogens is 1. The van der Waals surface area contributed by atoms with Crippen molar-refractivity contribution < 1.29 is 0 Å². The van der Waals surface area contributed by atoms with Crippen molar-refractivity contribution in [3.63, 3.8) is 0 Å². The van der Waals surface area contributed by atoms with Crippen LogP contribution in [0.3, 0.4) is 0 Å². The normalized spacial score (nSPS) is 11.2. The highest BCUT2D eigenvalue weighted by atomic mass is 79.9. The van der Waals surface area contributed by atoms with Gasteiger partial charge in [-0.2, -0.15) is 5.10 Å². The molecule has 0 spiro atoms. The van der Waals surface area contributed by atoms with Crippen LogP contribution in [0.5, 0.6) is 0 Å². The molecule has 0 unspecified atom stereocenters. The molecule has 0 saturated carbocycles. The largest absolute Gasteiger partial charge is 0.398 e. The van der Waals surface area contributed by atoms with Crippen LogP contribution in [-0.4, -0.2) is 14.8 Å². The molecule has 2 N–H and O–H groups in total. The fourth-order valence-electron chi connectivity index (χ4n) is 2.37. The SMILES string of the molecule is Cc1nn(Cc2ccc(N)c3cccnc23)c(C)c1Br. The summed E-state index contributed by atoms with van der Waals surface area (Å²) in [7, 11) is 0. The van der Waals surface area contributed by atoms with Crippen molar-refractivity contribution in [3.8, 4) is 0 Å². The van der Waals surface area contributed by atoms with Crippen LogP contribution in [0.4, 0.5) is 5.69 Å². The smallest absolute Gasteiger partial charge is 0.0773 e. The maximum absolute atomic E-state index is 6.01. The van der Waals surface area contributed by atoms with E-state index in [4.69, 9.17) is 5.73 Å². The van der Waals surface area contributed by atoms with Crippen LogP contribution >= 0.6 is 15.9 Å². The lowest BCUT2D eigenvalue weighted by atomic mass is 10.1. The topological polar surface area (TPSA) is 56.7 Å². The van der Waals surface area contributed by atoms with E-state index in [0.29, 0.717) is 6.54 Å². The second-order valence-electron chi connectivity index (χ2n) is 4.86. The van der Waals surface area contributed by atoms with Gasteiger partial charge in [0.2, 0.25) is 0 Å². The van der Waals surface area contributed by atoms with Gasteiger partial charge in [0.25, 0.3) is 0 Å². The lowest BCUT2D eigenvalue weighted by Gasteiger charge is -2.09. The van der Waals surface area contributed by atoms with Crippen molar-refractivity contribution in [2.45, 2.75) is 20.4 Å². The van der Waals surface area contributed by atoms with E-state index in [1.807, 2.05) is 35.9 Å². The summed E-state index contributed by atoms with van der Waals surface area (Å²) < 4.78 is 3.05. The van der Waals surface area contributed by atoms with Crippen molar-refractivity contribution in [1.82, 2.24) is 14.8 Å². The van der Waals surface area contributed by atoms with Gasteiger partial charge < -0.3 is 5.73 Å². The average molecular weight is 331 g/mol. The first-order valence-electron chi connectivity index (χ1n) is 6.39. The van der Waals surface area contributed by atoms with Crippen molar-refractivity contribution in [3.05, 3.63) is 51.9 Å². The molecule has 2 aromatic heterocycles. The molecule has 0 aliphatic heterocycles. The Morgan fingerprint density at radius 3 is 2.75 bits per heavy atom. The molecule has 0 saturated heterocycles. The third-order valence-corrected chi connectivity index (χ3v) is 4.65. The van der Waals surface area contributed by atoms with Crippen LogP contribution in [0.25, 0.3) is 10.9 Å². The van der Waals surface area contributed by atoms with Crippen molar-refractivity contribution in [2.75, 3.05) is 5.73 Å². The molecule has 3 aromatic rings. The molecule has 1 aromatic carbocycles. The fourth-order valence-corrected chi connectivity index (χ4v) is 2.66. The van der Waals surface area contributed by atoms with Gasteiger partial charge in [-0.1, -0.05) is 6.07 Å². The Morgan fingerprint density at radius 1 is 1.25 bits per heavy atom. The fraction of sp³-hybridized carbons (Fsp3) is 0.200. The predicted octanol–water partition coefficient (Wildman–Crippen LogP) is 3.44. The van der Waals surface area contributed by atoms with E-state index in [0.717, 1.165) is 38.0 Å². The van der Waals surface area contributed by atoms with Gasteiger partial charge in [-0.3, -0.25) is 9.67 Å². The zero-order valence-corrected chi connectivity index (χ0v) is 13.0. The van der Waals surface area contributed by atoms with Crippen LogP contribution in [0.15, 0.2) is 34.9 Å². The van der Waals surface area contributed by atoms with Gasteiger partial charge in [-0.05, 0) is 53.5 Å². The number of hydrogen-bond acceptors (Lipinski definition) is 3. The maximum Gasteiger partial charge on any atom is 0.0773 e. The number of nitrogens with zero attached hydrogens (tertiary/aromatic N) is 3. The predicted molar refractivity (Wildman–Crippen MR) is 84.7 cm³/mol. The summed E-state index contributed by atoms with van der Waals surface area (Å²) in [5, 5.41) is 5.54. The molecule has 0 radical (unpaired) electrons. The summed E-state index contributed by atoms with van der Waals surface area (Å²) >= 11 is 3.56. The van der Waals surface area contributed by atoms with Crippen LogP contribution in [0.2, 0.25) is 0 Å². The van der Waals surface area contributed by atoms with E-state index in [1.165, 1.54) is 0 Å². The van der Waals surface area contributed by atoms with E-state index in [-0.39, 0.29) is 0 Å². The number of nitrogen functional groups attached to an aromatic ring is 1. The maximum atomic E-state index is 6.01. The van der Waals surface area contributed by atoms with Gasteiger partial charge in [-0.25, -0.2) is 0 Å². The number of benzene rings is 1. The number of rotatable bonds is 2. The third-order valence-electron chi connectivity index (χ3n) is 3.50. The molecule has 0 atom stereocenters. The van der Waals surface area contributed by atoms with E-state index >= 15 is 0 Å². The summed E-state index contributed by atoms with van der Waals surface area (Å²) in [6, 6.07) is 7.86. The summed E-state index contributed by atoms with van der Waals surface area (Å²) in [4.78, 5) is 4.46. The Hall–Kier alpha value is -1.88. The molecular weight excluding hydrogens is 316 g/mol. The van der Waals surface area contributed by atoms with Crippen molar-refractivity contribution >= 4 is 32.5 Å². The van der Waals surface area contributed by atoms with Gasteiger partial charge in [-0.15, -0.1) is 0 Å². The molecule has 0 amide bonds. The Labute approximate surface area is 125 Å². The monoisotopic (exact) mass is 330 g/mol. The molecule has 0 bridgehead atoms. The number of nitrogens with two attached hydrogens (primary N) is 1.